The highest BCUT2D eigenvalue weighted by Gasteiger charge is 2.21. The molecule has 0 saturated carbocycles. The van der Waals surface area contributed by atoms with Crippen molar-refractivity contribution >= 4 is 35.0 Å². The van der Waals surface area contributed by atoms with Crippen LogP contribution in [0.1, 0.15) is 91.9 Å². The van der Waals surface area contributed by atoms with Gasteiger partial charge in [-0.3, -0.25) is 19.2 Å². The SMILES string of the molecule is CC(C)N1CC(=O)Nc2ccc(cc2)Oc2ccc(cc2)NC(=O)CN(C(C)C)C(=O)CCCCCCCCCCC1=O. The molecule has 4 bridgehead atoms. The molecule has 0 saturated heterocycles. The fourth-order valence-corrected chi connectivity index (χ4v) is 5.08. The second-order valence-corrected chi connectivity index (χ2v) is 11.8. The highest BCUT2D eigenvalue weighted by atomic mass is 16.5. The first kappa shape index (κ1) is 33.6. The molecule has 0 radical (unpaired) electrons. The lowest BCUT2D eigenvalue weighted by molar-refractivity contribution is -0.136. The van der Waals surface area contributed by atoms with E-state index in [0.717, 1.165) is 51.4 Å². The molecule has 2 aromatic rings. The predicted octanol–water partition coefficient (Wildman–Crippen LogP) is 6.74. The van der Waals surface area contributed by atoms with Gasteiger partial charge < -0.3 is 25.2 Å². The Hall–Kier alpha value is -3.88. The number of carbonyl (C=O) groups is 4. The fourth-order valence-electron chi connectivity index (χ4n) is 5.08. The summed E-state index contributed by atoms with van der Waals surface area (Å²) in [7, 11) is 0. The first-order valence-electron chi connectivity index (χ1n) is 15.7. The van der Waals surface area contributed by atoms with E-state index in [1.165, 1.54) is 0 Å². The first-order valence-corrected chi connectivity index (χ1v) is 15.7. The standard InChI is InChI=1S/C34H48N4O5/c1-25(2)37-23-31(39)35-27-15-19-29(20-16-27)43-30-21-17-28(18-22-30)36-32(40)24-38(26(3)4)34(42)14-12-10-8-6-5-7-9-11-13-33(37)41/h15-22,25-26H,5-14,23-24H2,1-4H3,(H,35,39)(H,36,40). The molecule has 0 aliphatic carbocycles. The molecule has 9 nitrogen and oxygen atoms in total. The molecule has 3 heterocycles. The van der Waals surface area contributed by atoms with Crippen LogP contribution in [0, 0.1) is 0 Å². The molecule has 0 aromatic heterocycles. The van der Waals surface area contributed by atoms with Crippen LogP contribution in [0.5, 0.6) is 11.5 Å². The Morgan fingerprint density at radius 1 is 0.535 bits per heavy atom. The maximum absolute atomic E-state index is 12.9. The van der Waals surface area contributed by atoms with Crippen LogP contribution in [-0.2, 0) is 19.2 Å². The number of fused-ring (bicyclic) bond motifs is 2. The van der Waals surface area contributed by atoms with Gasteiger partial charge >= 0.3 is 0 Å². The smallest absolute Gasteiger partial charge is 0.244 e. The number of carbonyl (C=O) groups excluding carboxylic acids is 4. The van der Waals surface area contributed by atoms with Crippen LogP contribution in [0.4, 0.5) is 11.4 Å². The Labute approximate surface area is 256 Å². The van der Waals surface area contributed by atoms with Gasteiger partial charge in [0.15, 0.2) is 0 Å². The van der Waals surface area contributed by atoms with Gasteiger partial charge in [-0.15, -0.1) is 0 Å². The van der Waals surface area contributed by atoms with Gasteiger partial charge in [0.05, 0.1) is 0 Å². The average Bonchev–Trinajstić information content (AvgIpc) is 2.96. The number of nitrogens with zero attached hydrogens (tertiary/aromatic N) is 2. The van der Waals surface area contributed by atoms with Crippen molar-refractivity contribution in [3.8, 4) is 11.5 Å². The number of ether oxygens (including phenoxy) is 1. The third-order valence-electron chi connectivity index (χ3n) is 7.56. The maximum Gasteiger partial charge on any atom is 0.244 e. The molecule has 0 atom stereocenters. The van der Waals surface area contributed by atoms with Gasteiger partial charge in [-0.1, -0.05) is 38.5 Å². The molecule has 9 heteroatoms. The Morgan fingerprint density at radius 2 is 0.860 bits per heavy atom. The van der Waals surface area contributed by atoms with Crippen molar-refractivity contribution < 1.29 is 23.9 Å². The molecule has 0 fully saturated rings. The van der Waals surface area contributed by atoms with Gasteiger partial charge in [-0.05, 0) is 89.1 Å². The highest BCUT2D eigenvalue weighted by Crippen LogP contribution is 2.25. The summed E-state index contributed by atoms with van der Waals surface area (Å²) < 4.78 is 5.92. The van der Waals surface area contributed by atoms with Crippen molar-refractivity contribution in [1.82, 2.24) is 9.80 Å². The number of rotatable bonds is 2. The lowest BCUT2D eigenvalue weighted by atomic mass is 10.1. The quantitative estimate of drug-likeness (QED) is 0.401. The summed E-state index contributed by atoms with van der Waals surface area (Å²) in [5, 5.41) is 5.75. The summed E-state index contributed by atoms with van der Waals surface area (Å²) in [6.07, 6.45) is 8.76. The monoisotopic (exact) mass is 592 g/mol. The number of nitrogens with one attached hydrogen (secondary N) is 2. The molecule has 2 N–H and O–H groups in total. The first-order chi connectivity index (χ1) is 20.6. The maximum atomic E-state index is 12.9. The Kier molecular flexibility index (Phi) is 13.5. The molecular weight excluding hydrogens is 544 g/mol. The number of anilines is 2. The minimum Gasteiger partial charge on any atom is -0.457 e. The molecule has 2 aromatic carbocycles. The van der Waals surface area contributed by atoms with E-state index < -0.39 is 0 Å². The molecular formula is C34H48N4O5. The second-order valence-electron chi connectivity index (χ2n) is 11.8. The summed E-state index contributed by atoms with van der Waals surface area (Å²) >= 11 is 0. The van der Waals surface area contributed by atoms with E-state index in [2.05, 4.69) is 10.6 Å². The molecule has 0 spiro atoms. The van der Waals surface area contributed by atoms with E-state index in [1.54, 1.807) is 58.3 Å². The minimum atomic E-state index is -0.240. The van der Waals surface area contributed by atoms with Crippen LogP contribution >= 0.6 is 0 Å². The summed E-state index contributed by atoms with van der Waals surface area (Å²) in [5.41, 5.74) is 1.23. The van der Waals surface area contributed by atoms with Crippen LogP contribution < -0.4 is 15.4 Å². The molecule has 4 amide bonds. The van der Waals surface area contributed by atoms with E-state index in [4.69, 9.17) is 4.74 Å². The minimum absolute atomic E-state index is 0.000818. The van der Waals surface area contributed by atoms with Crippen LogP contribution in [0.2, 0.25) is 0 Å². The van der Waals surface area contributed by atoms with Gasteiger partial charge in [0.25, 0.3) is 0 Å². The van der Waals surface area contributed by atoms with Gasteiger partial charge in [0.2, 0.25) is 23.6 Å². The van der Waals surface area contributed by atoms with Gasteiger partial charge in [0.1, 0.15) is 24.6 Å². The number of hydrogen-bond donors (Lipinski definition) is 2. The molecule has 43 heavy (non-hydrogen) atoms. The third-order valence-corrected chi connectivity index (χ3v) is 7.56. The molecule has 234 valence electrons. The zero-order valence-corrected chi connectivity index (χ0v) is 26.2. The Balaban J connectivity index is 1.67. The summed E-state index contributed by atoms with van der Waals surface area (Å²) in [6.45, 7) is 7.73. The molecule has 3 aliphatic heterocycles. The molecule has 5 rings (SSSR count). The topological polar surface area (TPSA) is 108 Å². The van der Waals surface area contributed by atoms with Gasteiger partial charge in [-0.2, -0.15) is 0 Å². The Morgan fingerprint density at radius 3 is 1.19 bits per heavy atom. The largest absolute Gasteiger partial charge is 0.457 e. The second kappa shape index (κ2) is 17.3. The summed E-state index contributed by atoms with van der Waals surface area (Å²) in [6, 6.07) is 13.9. The lowest BCUT2D eigenvalue weighted by Crippen LogP contribution is -2.42. The van der Waals surface area contributed by atoms with E-state index in [0.29, 0.717) is 35.7 Å². The van der Waals surface area contributed by atoms with E-state index in [1.807, 2.05) is 27.7 Å². The molecule has 0 unspecified atom stereocenters. The summed E-state index contributed by atoms with van der Waals surface area (Å²) in [5.74, 6) is 0.695. The zero-order valence-electron chi connectivity index (χ0n) is 26.2. The lowest BCUT2D eigenvalue weighted by Gasteiger charge is -2.26. The van der Waals surface area contributed by atoms with Gasteiger partial charge in [-0.25, -0.2) is 0 Å². The number of hydrogen-bond acceptors (Lipinski definition) is 5. The van der Waals surface area contributed by atoms with Crippen molar-refractivity contribution in [2.45, 2.75) is 104 Å². The van der Waals surface area contributed by atoms with Crippen molar-refractivity contribution in [3.05, 3.63) is 48.5 Å². The highest BCUT2D eigenvalue weighted by molar-refractivity contribution is 5.95. The number of amides is 4. The van der Waals surface area contributed by atoms with Crippen molar-refractivity contribution in [2.24, 2.45) is 0 Å². The van der Waals surface area contributed by atoms with Crippen LogP contribution in [0.15, 0.2) is 48.5 Å². The van der Waals surface area contributed by atoms with E-state index >= 15 is 0 Å². The van der Waals surface area contributed by atoms with Crippen molar-refractivity contribution in [1.29, 1.82) is 0 Å². The fraction of sp³-hybridized carbons (Fsp3) is 0.529. The van der Waals surface area contributed by atoms with E-state index in [-0.39, 0.29) is 48.8 Å². The van der Waals surface area contributed by atoms with Crippen LogP contribution in [0.3, 0.4) is 0 Å². The van der Waals surface area contributed by atoms with E-state index in [9.17, 15) is 19.2 Å². The third kappa shape index (κ3) is 11.7. The normalized spacial score (nSPS) is 17.7. The van der Waals surface area contributed by atoms with Crippen LogP contribution in [0.25, 0.3) is 0 Å². The zero-order chi connectivity index (χ0) is 31.2. The summed E-state index contributed by atoms with van der Waals surface area (Å²) in [4.78, 5) is 54.5. The van der Waals surface area contributed by atoms with Crippen LogP contribution in [-0.4, -0.2) is 58.6 Å². The van der Waals surface area contributed by atoms with Crippen molar-refractivity contribution in [3.63, 3.8) is 0 Å². The average molecular weight is 593 g/mol. The number of benzene rings is 2. The Bertz CT molecular complexity index is 1100. The van der Waals surface area contributed by atoms with Gasteiger partial charge in [0, 0.05) is 36.3 Å². The predicted molar refractivity (Wildman–Crippen MR) is 170 cm³/mol. The molecule has 3 aliphatic rings. The van der Waals surface area contributed by atoms with Crippen molar-refractivity contribution in [2.75, 3.05) is 23.7 Å².